The van der Waals surface area contributed by atoms with Gasteiger partial charge >= 0.3 is 5.97 Å². The molecule has 1 aliphatic carbocycles. The summed E-state index contributed by atoms with van der Waals surface area (Å²) in [5.74, 6) is -1.13. The predicted molar refractivity (Wildman–Crippen MR) is 65.6 cm³/mol. The molecule has 1 saturated heterocycles. The van der Waals surface area contributed by atoms with E-state index >= 15 is 0 Å². The number of carboxylic acid groups (broad SMARTS) is 1. The van der Waals surface area contributed by atoms with Gasteiger partial charge in [-0.1, -0.05) is 0 Å². The fraction of sp³-hybridized carbons (Fsp3) is 0.833. The fourth-order valence-electron chi connectivity index (χ4n) is 2.16. The maximum atomic E-state index is 12.0. The number of amides is 1. The van der Waals surface area contributed by atoms with Crippen LogP contribution in [0.3, 0.4) is 0 Å². The summed E-state index contributed by atoms with van der Waals surface area (Å²) in [4.78, 5) is 24.4. The smallest absolute Gasteiger partial charge is 0.306 e. The minimum Gasteiger partial charge on any atom is -0.481 e. The van der Waals surface area contributed by atoms with Crippen LogP contribution < -0.4 is 5.32 Å². The third-order valence-corrected chi connectivity index (χ3v) is 3.32. The Kier molecular flexibility index (Phi) is 4.73. The summed E-state index contributed by atoms with van der Waals surface area (Å²) in [5.41, 5.74) is 0. The van der Waals surface area contributed by atoms with E-state index in [1.54, 1.807) is 4.90 Å². The third-order valence-electron chi connectivity index (χ3n) is 3.32. The molecule has 0 aromatic rings. The first-order chi connectivity index (χ1) is 9.06. The number of rotatable bonds is 6. The number of β-amino-alcohol motifs (C(OH)–C–C–N with tert-alkyl or cyclic N) is 1. The average Bonchev–Trinajstić information content (AvgIpc) is 3.12. The summed E-state index contributed by atoms with van der Waals surface area (Å²) in [6, 6.07) is -0.155. The number of hydrogen-bond donors (Lipinski definition) is 3. The van der Waals surface area contributed by atoms with Crippen molar-refractivity contribution in [3.05, 3.63) is 0 Å². The minimum absolute atomic E-state index is 0.0928. The van der Waals surface area contributed by atoms with Crippen LogP contribution in [0.1, 0.15) is 19.3 Å². The van der Waals surface area contributed by atoms with Crippen molar-refractivity contribution in [3.8, 4) is 0 Å². The lowest BCUT2D eigenvalue weighted by Crippen LogP contribution is -2.56. The summed E-state index contributed by atoms with van der Waals surface area (Å²) in [7, 11) is 0. The molecule has 1 heterocycles. The zero-order valence-electron chi connectivity index (χ0n) is 10.7. The molecule has 108 valence electrons. The molecule has 2 atom stereocenters. The van der Waals surface area contributed by atoms with E-state index in [1.807, 2.05) is 0 Å². The number of nitrogens with zero attached hydrogens (tertiary/aromatic N) is 1. The molecule has 7 heteroatoms. The number of carbonyl (C=O) groups excluding carboxylic acids is 1. The van der Waals surface area contributed by atoms with E-state index in [1.165, 1.54) is 0 Å². The van der Waals surface area contributed by atoms with Crippen LogP contribution in [0.15, 0.2) is 0 Å². The Balaban J connectivity index is 1.87. The van der Waals surface area contributed by atoms with Crippen molar-refractivity contribution >= 4 is 11.9 Å². The third kappa shape index (κ3) is 4.45. The number of morpholine rings is 1. The van der Waals surface area contributed by atoms with Gasteiger partial charge in [0.15, 0.2) is 0 Å². The van der Waals surface area contributed by atoms with Crippen molar-refractivity contribution in [1.82, 2.24) is 10.2 Å². The van der Waals surface area contributed by atoms with E-state index in [9.17, 15) is 14.7 Å². The quantitative estimate of drug-likeness (QED) is 0.562. The SMILES string of the molecule is O=C(O)CC(O)CN1CCOCC1C(=O)NC1CC1. The molecule has 0 radical (unpaired) electrons. The van der Waals surface area contributed by atoms with Crippen molar-refractivity contribution < 1.29 is 24.5 Å². The van der Waals surface area contributed by atoms with E-state index in [0.29, 0.717) is 19.8 Å². The van der Waals surface area contributed by atoms with Gasteiger partial charge in [0, 0.05) is 19.1 Å². The number of ether oxygens (including phenoxy) is 1. The molecule has 3 N–H and O–H groups in total. The first-order valence-corrected chi connectivity index (χ1v) is 6.58. The van der Waals surface area contributed by atoms with Crippen molar-refractivity contribution in [2.75, 3.05) is 26.3 Å². The second-order valence-corrected chi connectivity index (χ2v) is 5.12. The van der Waals surface area contributed by atoms with E-state index in [-0.39, 0.29) is 24.9 Å². The maximum absolute atomic E-state index is 12.0. The number of carbonyl (C=O) groups is 2. The maximum Gasteiger partial charge on any atom is 0.306 e. The van der Waals surface area contributed by atoms with Gasteiger partial charge in [0.25, 0.3) is 0 Å². The second-order valence-electron chi connectivity index (χ2n) is 5.12. The van der Waals surface area contributed by atoms with Gasteiger partial charge in [-0.25, -0.2) is 0 Å². The first kappa shape index (κ1) is 14.2. The van der Waals surface area contributed by atoms with Crippen LogP contribution in [0.4, 0.5) is 0 Å². The van der Waals surface area contributed by atoms with Crippen LogP contribution in [-0.4, -0.2) is 71.5 Å². The number of aliphatic carboxylic acids is 1. The minimum atomic E-state index is -1.04. The highest BCUT2D eigenvalue weighted by Gasteiger charge is 2.34. The molecule has 2 aliphatic rings. The van der Waals surface area contributed by atoms with Gasteiger partial charge in [-0.05, 0) is 12.8 Å². The lowest BCUT2D eigenvalue weighted by atomic mass is 10.1. The van der Waals surface area contributed by atoms with Gasteiger partial charge in [0.2, 0.25) is 5.91 Å². The highest BCUT2D eigenvalue weighted by molar-refractivity contribution is 5.82. The molecule has 0 bridgehead atoms. The summed E-state index contributed by atoms with van der Waals surface area (Å²) < 4.78 is 5.30. The molecule has 0 aromatic heterocycles. The number of aliphatic hydroxyl groups is 1. The first-order valence-electron chi connectivity index (χ1n) is 6.58. The molecular formula is C12H20N2O5. The lowest BCUT2D eigenvalue weighted by molar-refractivity contribution is -0.140. The zero-order chi connectivity index (χ0) is 13.8. The van der Waals surface area contributed by atoms with Crippen molar-refractivity contribution in [1.29, 1.82) is 0 Å². The normalized spacial score (nSPS) is 25.8. The van der Waals surface area contributed by atoms with Crippen molar-refractivity contribution in [3.63, 3.8) is 0 Å². The molecular weight excluding hydrogens is 252 g/mol. The largest absolute Gasteiger partial charge is 0.481 e. The van der Waals surface area contributed by atoms with E-state index in [0.717, 1.165) is 12.8 Å². The standard InChI is InChI=1S/C12H20N2O5/c15-9(5-11(16)17)6-14-3-4-19-7-10(14)12(18)13-8-1-2-8/h8-10,15H,1-7H2,(H,13,18)(H,16,17). The van der Waals surface area contributed by atoms with Crippen molar-refractivity contribution in [2.45, 2.75) is 37.5 Å². The zero-order valence-corrected chi connectivity index (χ0v) is 10.7. The lowest BCUT2D eigenvalue weighted by Gasteiger charge is -2.35. The van der Waals surface area contributed by atoms with Crippen LogP contribution >= 0.6 is 0 Å². The van der Waals surface area contributed by atoms with Crippen LogP contribution in [0, 0.1) is 0 Å². The van der Waals surface area contributed by atoms with Gasteiger partial charge in [0.05, 0.1) is 25.7 Å². The van der Waals surface area contributed by atoms with Gasteiger partial charge in [0.1, 0.15) is 6.04 Å². The Morgan fingerprint density at radius 2 is 2.16 bits per heavy atom. The van der Waals surface area contributed by atoms with E-state index in [2.05, 4.69) is 5.32 Å². The molecule has 2 unspecified atom stereocenters. The van der Waals surface area contributed by atoms with Crippen molar-refractivity contribution in [2.24, 2.45) is 0 Å². The van der Waals surface area contributed by atoms with E-state index < -0.39 is 18.1 Å². The Labute approximate surface area is 111 Å². The summed E-state index contributed by atoms with van der Waals surface area (Å²) in [6.45, 7) is 1.49. The number of hydrogen-bond acceptors (Lipinski definition) is 5. The van der Waals surface area contributed by atoms with Crippen LogP contribution in [0.5, 0.6) is 0 Å². The summed E-state index contributed by atoms with van der Waals surface area (Å²) >= 11 is 0. The molecule has 1 saturated carbocycles. The monoisotopic (exact) mass is 272 g/mol. The molecule has 2 rings (SSSR count). The highest BCUT2D eigenvalue weighted by atomic mass is 16.5. The summed E-state index contributed by atoms with van der Waals surface area (Å²) in [6.07, 6.45) is 0.753. The highest BCUT2D eigenvalue weighted by Crippen LogP contribution is 2.19. The topological polar surface area (TPSA) is 99.1 Å². The van der Waals surface area contributed by atoms with Crippen LogP contribution in [0.2, 0.25) is 0 Å². The van der Waals surface area contributed by atoms with E-state index in [4.69, 9.17) is 9.84 Å². The van der Waals surface area contributed by atoms with Gasteiger partial charge in [-0.2, -0.15) is 0 Å². The molecule has 0 aromatic carbocycles. The fourth-order valence-corrected chi connectivity index (χ4v) is 2.16. The Bertz CT molecular complexity index is 345. The molecule has 1 amide bonds. The van der Waals surface area contributed by atoms with Crippen LogP contribution in [-0.2, 0) is 14.3 Å². The predicted octanol–water partition coefficient (Wildman–Crippen LogP) is -1.20. The van der Waals surface area contributed by atoms with Crippen LogP contribution in [0.25, 0.3) is 0 Å². The second kappa shape index (κ2) is 6.31. The Hall–Kier alpha value is -1.18. The molecule has 7 nitrogen and oxygen atoms in total. The van der Waals surface area contributed by atoms with Gasteiger partial charge in [-0.15, -0.1) is 0 Å². The average molecular weight is 272 g/mol. The molecule has 19 heavy (non-hydrogen) atoms. The number of aliphatic hydroxyl groups excluding tert-OH is 1. The molecule has 0 spiro atoms. The summed E-state index contributed by atoms with van der Waals surface area (Å²) in [5, 5.41) is 21.2. The Morgan fingerprint density at radius 3 is 2.79 bits per heavy atom. The Morgan fingerprint density at radius 1 is 1.42 bits per heavy atom. The molecule has 2 fully saturated rings. The van der Waals surface area contributed by atoms with Gasteiger partial charge in [-0.3, -0.25) is 14.5 Å². The van der Waals surface area contributed by atoms with Gasteiger partial charge < -0.3 is 20.3 Å². The molecule has 1 aliphatic heterocycles. The number of nitrogens with one attached hydrogen (secondary N) is 1. The number of carboxylic acids is 1.